The van der Waals surface area contributed by atoms with Gasteiger partial charge in [0.25, 0.3) is 0 Å². The van der Waals surface area contributed by atoms with Gasteiger partial charge in [-0.2, -0.15) is 0 Å². The highest BCUT2D eigenvalue weighted by Gasteiger charge is 2.37. The van der Waals surface area contributed by atoms with E-state index in [1.54, 1.807) is 24.5 Å². The van der Waals surface area contributed by atoms with E-state index in [9.17, 15) is 4.79 Å². The van der Waals surface area contributed by atoms with E-state index in [1.165, 1.54) is 6.08 Å². The molecule has 3 heterocycles. The van der Waals surface area contributed by atoms with Crippen LogP contribution in [0.25, 0.3) is 38.4 Å². The zero-order valence-corrected chi connectivity index (χ0v) is 20.2. The van der Waals surface area contributed by atoms with Crippen LogP contribution < -0.4 is 9.31 Å². The van der Waals surface area contributed by atoms with Crippen LogP contribution in [0, 0.1) is 0 Å². The maximum atomic E-state index is 12.9. The maximum absolute atomic E-state index is 12.9. The molecule has 1 aliphatic rings. The molecule has 6 aromatic rings. The molecule has 0 atom stereocenters. The monoisotopic (exact) mass is 496 g/mol. The van der Waals surface area contributed by atoms with Crippen molar-refractivity contribution in [2.75, 3.05) is 0 Å². The molecule has 0 aliphatic carbocycles. The predicted molar refractivity (Wildman–Crippen MR) is 149 cm³/mol. The first-order chi connectivity index (χ1) is 18.7. The van der Waals surface area contributed by atoms with Crippen LogP contribution in [0.5, 0.6) is 11.5 Å². The molecule has 0 spiro atoms. The molecule has 1 aliphatic heterocycles. The SMILES string of the molecule is O=C(/C=C(/OB1Oc2ccc3ccccc3c2-c2c(ccc3ccccc23)O1)c1ccc[nH]1)c1ccc[nH]1. The number of benzene rings is 4. The average Bonchev–Trinajstić information content (AvgIpc) is 3.66. The lowest BCUT2D eigenvalue weighted by molar-refractivity contribution is 0.104. The Morgan fingerprint density at radius 1 is 0.658 bits per heavy atom. The smallest absolute Gasteiger partial charge is 0.489 e. The Bertz CT molecular complexity index is 1740. The van der Waals surface area contributed by atoms with Crippen LogP contribution in [0.1, 0.15) is 16.2 Å². The van der Waals surface area contributed by atoms with E-state index in [2.05, 4.69) is 34.2 Å². The molecule has 7 rings (SSSR count). The number of carbonyl (C=O) groups is 1. The van der Waals surface area contributed by atoms with Crippen molar-refractivity contribution in [2.24, 2.45) is 0 Å². The fourth-order valence-electron chi connectivity index (χ4n) is 4.94. The van der Waals surface area contributed by atoms with Crippen LogP contribution in [0.4, 0.5) is 0 Å². The molecule has 2 N–H and O–H groups in total. The fourth-order valence-corrected chi connectivity index (χ4v) is 4.94. The van der Waals surface area contributed by atoms with Gasteiger partial charge in [0.15, 0.2) is 0 Å². The third-order valence-corrected chi connectivity index (χ3v) is 6.69. The number of nitrogens with one attached hydrogen (secondary N) is 2. The minimum Gasteiger partial charge on any atom is -0.489 e. The molecule has 0 bridgehead atoms. The van der Waals surface area contributed by atoms with E-state index >= 15 is 0 Å². The van der Waals surface area contributed by atoms with Gasteiger partial charge < -0.3 is 23.9 Å². The molecule has 0 fully saturated rings. The van der Waals surface area contributed by atoms with Gasteiger partial charge in [0, 0.05) is 29.6 Å². The minimum atomic E-state index is -1.15. The van der Waals surface area contributed by atoms with Crippen LogP contribution >= 0.6 is 0 Å². The standard InChI is InChI=1S/C31H21BN2O4/c35-26(24-11-5-17-33-24)19-29(25-12-6-18-34-25)38-32-36-27-15-13-20-7-1-3-9-22(20)30(27)31-23-10-4-2-8-21(23)14-16-28(31)37-32/h1-19,33-34H/b29-19+. The molecule has 7 heteroatoms. The van der Waals surface area contributed by atoms with Gasteiger partial charge in [-0.25, -0.2) is 0 Å². The Kier molecular flexibility index (Phi) is 5.25. The summed E-state index contributed by atoms with van der Waals surface area (Å²) in [7, 11) is -1.15. The largest absolute Gasteiger partial charge is 0.864 e. The zero-order chi connectivity index (χ0) is 25.5. The topological polar surface area (TPSA) is 76.3 Å². The normalized spacial score (nSPS) is 12.8. The van der Waals surface area contributed by atoms with Crippen LogP contribution in [-0.2, 0) is 4.65 Å². The summed E-state index contributed by atoms with van der Waals surface area (Å²) in [6.07, 6.45) is 4.90. The summed E-state index contributed by atoms with van der Waals surface area (Å²) in [5, 5.41) is 4.29. The first-order valence-corrected chi connectivity index (χ1v) is 12.3. The molecular formula is C31H21BN2O4. The third kappa shape index (κ3) is 3.81. The molecule has 6 nitrogen and oxygen atoms in total. The summed E-state index contributed by atoms with van der Waals surface area (Å²) in [5.74, 6) is 1.33. The summed E-state index contributed by atoms with van der Waals surface area (Å²) in [6.45, 7) is 0. The fraction of sp³-hybridized carbons (Fsp3) is 0. The van der Waals surface area contributed by atoms with Crippen molar-refractivity contribution in [1.82, 2.24) is 9.97 Å². The Hall–Kier alpha value is -5.17. The van der Waals surface area contributed by atoms with Gasteiger partial charge >= 0.3 is 7.32 Å². The number of allylic oxidation sites excluding steroid dienone is 1. The number of ketones is 1. The lowest BCUT2D eigenvalue weighted by Crippen LogP contribution is -2.32. The summed E-state index contributed by atoms with van der Waals surface area (Å²) >= 11 is 0. The Balaban J connectivity index is 1.38. The first kappa shape index (κ1) is 22.1. The molecule has 182 valence electrons. The van der Waals surface area contributed by atoms with Crippen molar-refractivity contribution in [1.29, 1.82) is 0 Å². The highest BCUT2D eigenvalue weighted by molar-refractivity contribution is 6.41. The highest BCUT2D eigenvalue weighted by atomic mass is 16.7. The van der Waals surface area contributed by atoms with E-state index < -0.39 is 7.32 Å². The predicted octanol–water partition coefficient (Wildman–Crippen LogP) is 7.01. The van der Waals surface area contributed by atoms with Crippen molar-refractivity contribution in [3.8, 4) is 22.6 Å². The van der Waals surface area contributed by atoms with Crippen LogP contribution in [0.15, 0.2) is 116 Å². The molecule has 0 saturated carbocycles. The number of aromatic amines is 2. The number of H-pyrrole nitrogens is 2. The molecule has 2 aromatic heterocycles. The lowest BCUT2D eigenvalue weighted by Gasteiger charge is -2.16. The second-order valence-electron chi connectivity index (χ2n) is 9.00. The van der Waals surface area contributed by atoms with Crippen molar-refractivity contribution in [3.63, 3.8) is 0 Å². The van der Waals surface area contributed by atoms with Crippen molar-refractivity contribution < 1.29 is 18.8 Å². The van der Waals surface area contributed by atoms with Gasteiger partial charge in [-0.1, -0.05) is 60.7 Å². The number of rotatable bonds is 5. The van der Waals surface area contributed by atoms with E-state index in [1.807, 2.05) is 60.7 Å². The minimum absolute atomic E-state index is 0.231. The molecule has 0 amide bonds. The van der Waals surface area contributed by atoms with Crippen LogP contribution in [-0.4, -0.2) is 23.1 Å². The maximum Gasteiger partial charge on any atom is 0.864 e. The third-order valence-electron chi connectivity index (χ3n) is 6.69. The summed E-state index contributed by atoms with van der Waals surface area (Å²) in [5.41, 5.74) is 2.95. The number of hydrogen-bond acceptors (Lipinski definition) is 4. The molecule has 0 unspecified atom stereocenters. The molecule has 0 radical (unpaired) electrons. The molecule has 38 heavy (non-hydrogen) atoms. The van der Waals surface area contributed by atoms with Crippen LogP contribution in [0.3, 0.4) is 0 Å². The molecular weight excluding hydrogens is 475 g/mol. The van der Waals surface area contributed by atoms with Crippen LogP contribution in [0.2, 0.25) is 0 Å². The van der Waals surface area contributed by atoms with E-state index in [-0.39, 0.29) is 5.78 Å². The van der Waals surface area contributed by atoms with Crippen molar-refractivity contribution >= 4 is 40.4 Å². The Labute approximate surface area is 218 Å². The second kappa shape index (κ2) is 9.05. The number of fused-ring (bicyclic) bond motifs is 7. The number of carbonyl (C=O) groups excluding carboxylic acids is 1. The van der Waals surface area contributed by atoms with Gasteiger partial charge in [-0.15, -0.1) is 0 Å². The summed E-state index contributed by atoms with van der Waals surface area (Å²) in [6, 6.07) is 31.5. The second-order valence-corrected chi connectivity index (χ2v) is 9.00. The first-order valence-electron chi connectivity index (χ1n) is 12.3. The van der Waals surface area contributed by atoms with Gasteiger partial charge in [-0.3, -0.25) is 4.79 Å². The van der Waals surface area contributed by atoms with Crippen molar-refractivity contribution in [3.05, 3.63) is 127 Å². The van der Waals surface area contributed by atoms with E-state index in [4.69, 9.17) is 14.0 Å². The zero-order valence-electron chi connectivity index (χ0n) is 20.2. The Morgan fingerprint density at radius 3 is 1.76 bits per heavy atom. The van der Waals surface area contributed by atoms with E-state index in [0.717, 1.165) is 32.7 Å². The Morgan fingerprint density at radius 2 is 1.21 bits per heavy atom. The number of aromatic nitrogens is 2. The van der Waals surface area contributed by atoms with Gasteiger partial charge in [0.1, 0.15) is 17.3 Å². The lowest BCUT2D eigenvalue weighted by atomic mass is 9.92. The summed E-state index contributed by atoms with van der Waals surface area (Å²) in [4.78, 5) is 19.0. The average molecular weight is 496 g/mol. The van der Waals surface area contributed by atoms with Gasteiger partial charge in [-0.05, 0) is 57.9 Å². The summed E-state index contributed by atoms with van der Waals surface area (Å²) < 4.78 is 19.0. The van der Waals surface area contributed by atoms with E-state index in [0.29, 0.717) is 28.6 Å². The number of hydrogen-bond donors (Lipinski definition) is 2. The van der Waals surface area contributed by atoms with Gasteiger partial charge in [0.2, 0.25) is 5.78 Å². The molecule has 0 saturated heterocycles. The van der Waals surface area contributed by atoms with Crippen molar-refractivity contribution in [2.45, 2.75) is 0 Å². The highest BCUT2D eigenvalue weighted by Crippen LogP contribution is 2.47. The van der Waals surface area contributed by atoms with Gasteiger partial charge in [0.05, 0.1) is 11.4 Å². The molecule has 4 aromatic carbocycles. The quantitative estimate of drug-likeness (QED) is 0.117.